The molecule has 21 heavy (non-hydrogen) atoms. The van der Waals surface area contributed by atoms with Crippen LogP contribution in [-0.4, -0.2) is 37.5 Å². The Bertz CT molecular complexity index is 618. The van der Waals surface area contributed by atoms with Gasteiger partial charge in [-0.25, -0.2) is 12.7 Å². The van der Waals surface area contributed by atoms with E-state index in [0.29, 0.717) is 30.1 Å². The van der Waals surface area contributed by atoms with E-state index in [1.165, 1.54) is 4.31 Å². The third kappa shape index (κ3) is 3.96. The summed E-state index contributed by atoms with van der Waals surface area (Å²) >= 11 is 6.01. The molecule has 7 heteroatoms. The number of nitrogens with one attached hydrogen (secondary N) is 1. The number of carbonyl (C=O) groups is 1. The maximum atomic E-state index is 12.3. The lowest BCUT2D eigenvalue weighted by molar-refractivity contribution is -0.120. The molecule has 1 aromatic rings. The minimum absolute atomic E-state index is 0.0614. The first-order valence-electron chi connectivity index (χ1n) is 6.97. The van der Waals surface area contributed by atoms with E-state index in [-0.39, 0.29) is 24.1 Å². The molecule has 1 saturated heterocycles. The van der Waals surface area contributed by atoms with Crippen molar-refractivity contribution in [1.82, 2.24) is 4.31 Å². The van der Waals surface area contributed by atoms with Crippen LogP contribution >= 0.6 is 11.6 Å². The SMILES string of the molecule is CCS(=O)(=O)N1CCC[C@H](C(=O)Nc2ccccc2Cl)C1. The molecule has 1 amide bonds. The van der Waals surface area contributed by atoms with Gasteiger partial charge in [-0.3, -0.25) is 4.79 Å². The monoisotopic (exact) mass is 330 g/mol. The molecule has 1 aliphatic heterocycles. The fraction of sp³-hybridized carbons (Fsp3) is 0.500. The van der Waals surface area contributed by atoms with E-state index in [2.05, 4.69) is 5.32 Å². The predicted molar refractivity (Wildman–Crippen MR) is 83.8 cm³/mol. The summed E-state index contributed by atoms with van der Waals surface area (Å²) in [5.74, 6) is -0.457. The molecule has 0 aromatic heterocycles. The van der Waals surface area contributed by atoms with E-state index in [0.717, 1.165) is 0 Å². The normalized spacial score (nSPS) is 20.2. The highest BCUT2D eigenvalue weighted by Gasteiger charge is 2.31. The first kappa shape index (κ1) is 16.3. The Balaban J connectivity index is 2.05. The van der Waals surface area contributed by atoms with Gasteiger partial charge in [0.25, 0.3) is 0 Å². The zero-order valence-corrected chi connectivity index (χ0v) is 13.5. The predicted octanol–water partition coefficient (Wildman–Crippen LogP) is 2.34. The van der Waals surface area contributed by atoms with Gasteiger partial charge in [0.15, 0.2) is 0 Å². The highest BCUT2D eigenvalue weighted by atomic mass is 35.5. The Hall–Kier alpha value is -1.11. The van der Waals surface area contributed by atoms with Crippen molar-refractivity contribution in [1.29, 1.82) is 0 Å². The standard InChI is InChI=1S/C14H19ClN2O3S/c1-2-21(19,20)17-9-5-6-11(10-17)14(18)16-13-8-4-3-7-12(13)15/h3-4,7-8,11H,2,5-6,9-10H2,1H3,(H,16,18)/t11-/m0/s1. The molecule has 2 rings (SSSR count). The van der Waals surface area contributed by atoms with Crippen LogP contribution in [0.3, 0.4) is 0 Å². The van der Waals surface area contributed by atoms with Gasteiger partial charge in [0.1, 0.15) is 0 Å². The molecule has 1 aliphatic rings. The highest BCUT2D eigenvalue weighted by Crippen LogP contribution is 2.24. The zero-order chi connectivity index (χ0) is 15.5. The van der Waals surface area contributed by atoms with Crippen LogP contribution < -0.4 is 5.32 Å². The molecule has 0 bridgehead atoms. The molecule has 1 aromatic carbocycles. The van der Waals surface area contributed by atoms with Crippen LogP contribution in [0.5, 0.6) is 0 Å². The van der Waals surface area contributed by atoms with E-state index >= 15 is 0 Å². The number of piperidine rings is 1. The van der Waals surface area contributed by atoms with Gasteiger partial charge in [-0.2, -0.15) is 0 Å². The molecule has 0 unspecified atom stereocenters. The summed E-state index contributed by atoms with van der Waals surface area (Å²) in [6.07, 6.45) is 1.38. The number of amides is 1. The summed E-state index contributed by atoms with van der Waals surface area (Å²) in [5, 5.41) is 3.25. The van der Waals surface area contributed by atoms with E-state index in [9.17, 15) is 13.2 Å². The van der Waals surface area contributed by atoms with Crippen LogP contribution in [0.25, 0.3) is 0 Å². The number of carbonyl (C=O) groups excluding carboxylic acids is 1. The first-order valence-corrected chi connectivity index (χ1v) is 8.96. The summed E-state index contributed by atoms with van der Waals surface area (Å²) in [4.78, 5) is 12.3. The van der Waals surface area contributed by atoms with Crippen molar-refractivity contribution in [2.75, 3.05) is 24.2 Å². The Morgan fingerprint density at radius 3 is 2.81 bits per heavy atom. The quantitative estimate of drug-likeness (QED) is 0.921. The van der Waals surface area contributed by atoms with Crippen LogP contribution in [0.1, 0.15) is 19.8 Å². The van der Waals surface area contributed by atoms with Gasteiger partial charge in [0, 0.05) is 13.1 Å². The molecule has 0 aliphatic carbocycles. The average molecular weight is 331 g/mol. The summed E-state index contributed by atoms with van der Waals surface area (Å²) < 4.78 is 25.2. The van der Waals surface area contributed by atoms with E-state index in [1.54, 1.807) is 31.2 Å². The van der Waals surface area contributed by atoms with E-state index < -0.39 is 10.0 Å². The Morgan fingerprint density at radius 2 is 2.14 bits per heavy atom. The summed E-state index contributed by atoms with van der Waals surface area (Å²) in [7, 11) is -3.24. The largest absolute Gasteiger partial charge is 0.324 e. The number of hydrogen-bond acceptors (Lipinski definition) is 3. The van der Waals surface area contributed by atoms with Crippen molar-refractivity contribution in [3.05, 3.63) is 29.3 Å². The zero-order valence-electron chi connectivity index (χ0n) is 11.9. The molecule has 1 heterocycles. The van der Waals surface area contributed by atoms with Crippen LogP contribution in [0, 0.1) is 5.92 Å². The molecule has 116 valence electrons. The lowest BCUT2D eigenvalue weighted by atomic mass is 9.99. The topological polar surface area (TPSA) is 66.5 Å². The van der Waals surface area contributed by atoms with E-state index in [1.807, 2.05) is 0 Å². The lowest BCUT2D eigenvalue weighted by Gasteiger charge is -2.30. The van der Waals surface area contributed by atoms with Gasteiger partial charge in [-0.05, 0) is 31.9 Å². The average Bonchev–Trinajstić information content (AvgIpc) is 2.49. The van der Waals surface area contributed by atoms with Gasteiger partial charge in [0.2, 0.25) is 15.9 Å². The van der Waals surface area contributed by atoms with Crippen molar-refractivity contribution in [3.8, 4) is 0 Å². The maximum absolute atomic E-state index is 12.3. The first-order chi connectivity index (χ1) is 9.94. The lowest BCUT2D eigenvalue weighted by Crippen LogP contribution is -2.44. The second kappa shape index (κ2) is 6.77. The van der Waals surface area contributed by atoms with Crippen LogP contribution in [-0.2, 0) is 14.8 Å². The number of hydrogen-bond donors (Lipinski definition) is 1. The minimum Gasteiger partial charge on any atom is -0.324 e. The summed E-state index contributed by atoms with van der Waals surface area (Å²) in [6.45, 7) is 2.35. The van der Waals surface area contributed by atoms with Crippen molar-refractivity contribution in [3.63, 3.8) is 0 Å². The van der Waals surface area contributed by atoms with Crippen molar-refractivity contribution in [2.45, 2.75) is 19.8 Å². The number of anilines is 1. The molecule has 1 atom stereocenters. The van der Waals surface area contributed by atoms with Crippen LogP contribution in [0.4, 0.5) is 5.69 Å². The highest BCUT2D eigenvalue weighted by molar-refractivity contribution is 7.89. The van der Waals surface area contributed by atoms with E-state index in [4.69, 9.17) is 11.6 Å². The molecule has 0 saturated carbocycles. The maximum Gasteiger partial charge on any atom is 0.228 e. The Morgan fingerprint density at radius 1 is 1.43 bits per heavy atom. The van der Waals surface area contributed by atoms with Gasteiger partial charge in [-0.1, -0.05) is 23.7 Å². The number of para-hydroxylation sites is 1. The summed E-state index contributed by atoms with van der Waals surface area (Å²) in [6, 6.07) is 7.00. The number of rotatable bonds is 4. The van der Waals surface area contributed by atoms with Crippen LogP contribution in [0.2, 0.25) is 5.02 Å². The van der Waals surface area contributed by atoms with Crippen molar-refractivity contribution >= 4 is 33.2 Å². The number of sulfonamides is 1. The van der Waals surface area contributed by atoms with Crippen molar-refractivity contribution < 1.29 is 13.2 Å². The van der Waals surface area contributed by atoms with Gasteiger partial charge in [0.05, 0.1) is 22.4 Å². The molecule has 5 nitrogen and oxygen atoms in total. The fourth-order valence-corrected chi connectivity index (χ4v) is 3.75. The van der Waals surface area contributed by atoms with Gasteiger partial charge >= 0.3 is 0 Å². The minimum atomic E-state index is -3.24. The number of nitrogens with zero attached hydrogens (tertiary/aromatic N) is 1. The molecule has 0 radical (unpaired) electrons. The third-order valence-corrected chi connectivity index (χ3v) is 5.82. The third-order valence-electron chi connectivity index (χ3n) is 3.64. The second-order valence-corrected chi connectivity index (χ2v) is 7.73. The van der Waals surface area contributed by atoms with Crippen molar-refractivity contribution in [2.24, 2.45) is 5.92 Å². The molecular weight excluding hydrogens is 312 g/mol. The molecule has 1 fully saturated rings. The Kier molecular flexibility index (Phi) is 5.24. The van der Waals surface area contributed by atoms with Gasteiger partial charge in [-0.15, -0.1) is 0 Å². The molecular formula is C14H19ClN2O3S. The number of halogens is 1. The molecule has 0 spiro atoms. The van der Waals surface area contributed by atoms with Crippen LogP contribution in [0.15, 0.2) is 24.3 Å². The fourth-order valence-electron chi connectivity index (χ4n) is 2.39. The molecule has 1 N–H and O–H groups in total. The second-order valence-electron chi connectivity index (χ2n) is 5.07. The number of benzene rings is 1. The smallest absolute Gasteiger partial charge is 0.228 e. The summed E-state index contributed by atoms with van der Waals surface area (Å²) in [5.41, 5.74) is 0.555. The van der Waals surface area contributed by atoms with Gasteiger partial charge < -0.3 is 5.32 Å². The Labute approximate surface area is 130 Å².